The summed E-state index contributed by atoms with van der Waals surface area (Å²) in [6.07, 6.45) is 5.25. The fraction of sp³-hybridized carbons (Fsp3) is 0.423. The van der Waals surface area contributed by atoms with Crippen molar-refractivity contribution in [1.82, 2.24) is 9.29 Å². The predicted octanol–water partition coefficient (Wildman–Crippen LogP) is 4.15. The molecule has 180 valence electrons. The minimum atomic E-state index is -3.50. The molecule has 3 heterocycles. The van der Waals surface area contributed by atoms with Crippen molar-refractivity contribution >= 4 is 26.6 Å². The molecule has 8 heteroatoms. The van der Waals surface area contributed by atoms with Gasteiger partial charge in [-0.25, -0.2) is 8.42 Å². The number of nitrogens with zero attached hydrogens (tertiary/aromatic N) is 2. The molecule has 0 unspecified atom stereocenters. The van der Waals surface area contributed by atoms with Gasteiger partial charge >= 0.3 is 0 Å². The molecule has 1 aromatic heterocycles. The van der Waals surface area contributed by atoms with E-state index in [1.165, 1.54) is 4.31 Å². The van der Waals surface area contributed by atoms with E-state index >= 15 is 0 Å². The smallest absolute Gasteiger partial charge is 0.243 e. The molecule has 2 aliphatic heterocycles. The van der Waals surface area contributed by atoms with Crippen molar-refractivity contribution in [3.63, 3.8) is 0 Å². The lowest BCUT2D eigenvalue weighted by Crippen LogP contribution is -2.40. The van der Waals surface area contributed by atoms with Crippen molar-refractivity contribution in [3.05, 3.63) is 54.7 Å². The van der Waals surface area contributed by atoms with Gasteiger partial charge in [-0.15, -0.1) is 0 Å². The molecule has 2 saturated heterocycles. The summed E-state index contributed by atoms with van der Waals surface area (Å²) in [5, 5.41) is 4.67. The zero-order chi connectivity index (χ0) is 23.4. The molecule has 0 spiro atoms. The molecular formula is C26H31N3O4S. The molecule has 3 aromatic rings. The fourth-order valence-corrected chi connectivity index (χ4v) is 6.09. The normalized spacial score (nSPS) is 18.2. The van der Waals surface area contributed by atoms with Crippen LogP contribution in [0.2, 0.25) is 0 Å². The highest BCUT2D eigenvalue weighted by atomic mass is 32.2. The van der Waals surface area contributed by atoms with E-state index in [0.717, 1.165) is 72.7 Å². The van der Waals surface area contributed by atoms with Crippen LogP contribution >= 0.6 is 0 Å². The topological polar surface area (TPSA) is 80.8 Å². The Kier molecular flexibility index (Phi) is 7.10. The van der Waals surface area contributed by atoms with Crippen LogP contribution in [-0.2, 0) is 19.5 Å². The fourth-order valence-electron chi connectivity index (χ4n) is 4.68. The van der Waals surface area contributed by atoms with Crippen LogP contribution in [0.5, 0.6) is 0 Å². The second-order valence-electron chi connectivity index (χ2n) is 8.90. The number of sulfonamides is 1. The number of ether oxygens (including phenoxy) is 2. The molecular weight excluding hydrogens is 450 g/mol. The first kappa shape index (κ1) is 23.2. The van der Waals surface area contributed by atoms with Crippen molar-refractivity contribution in [2.24, 2.45) is 5.92 Å². The van der Waals surface area contributed by atoms with Gasteiger partial charge in [-0.3, -0.25) is 4.98 Å². The van der Waals surface area contributed by atoms with Crippen molar-refractivity contribution < 1.29 is 17.9 Å². The summed E-state index contributed by atoms with van der Waals surface area (Å²) in [4.78, 5) is 4.84. The average molecular weight is 482 g/mol. The molecule has 7 nitrogen and oxygen atoms in total. The Bertz CT molecular complexity index is 1220. The first-order valence-electron chi connectivity index (χ1n) is 12.0. The molecule has 0 atom stereocenters. The highest BCUT2D eigenvalue weighted by Gasteiger charge is 2.26. The van der Waals surface area contributed by atoms with Crippen molar-refractivity contribution in [2.45, 2.75) is 24.2 Å². The van der Waals surface area contributed by atoms with Crippen LogP contribution in [0.15, 0.2) is 59.6 Å². The van der Waals surface area contributed by atoms with Crippen LogP contribution < -0.4 is 5.32 Å². The summed E-state index contributed by atoms with van der Waals surface area (Å²) in [6, 6.07) is 15.4. The standard InChI is InChI=1S/C26H31N3O4S/c30-34(31,29-13-17-33-18-14-29)23-4-1-21(2-5-23)22-3-6-25-24(19-22)26(8-12-28-25)27-11-7-20-9-15-32-16-10-20/h1-6,8,12,19-20H,7,9-11,13-18H2,(H,27,28). The Hall–Kier alpha value is -2.52. The SMILES string of the molecule is O=S(=O)(c1ccc(-c2ccc3nccc(NCCC4CCOCC4)c3c2)cc1)N1CCOCC1. The number of morpholine rings is 1. The van der Waals surface area contributed by atoms with E-state index in [4.69, 9.17) is 9.47 Å². The molecule has 5 rings (SSSR count). The van der Waals surface area contributed by atoms with Crippen LogP contribution in [-0.4, -0.2) is 63.8 Å². The number of aromatic nitrogens is 1. The van der Waals surface area contributed by atoms with Crippen LogP contribution in [0.4, 0.5) is 5.69 Å². The highest BCUT2D eigenvalue weighted by Crippen LogP contribution is 2.30. The van der Waals surface area contributed by atoms with Crippen LogP contribution in [0.25, 0.3) is 22.0 Å². The lowest BCUT2D eigenvalue weighted by molar-refractivity contribution is 0.0649. The molecule has 0 amide bonds. The third-order valence-corrected chi connectivity index (χ3v) is 8.66. The highest BCUT2D eigenvalue weighted by molar-refractivity contribution is 7.89. The third-order valence-electron chi connectivity index (χ3n) is 6.75. The zero-order valence-electron chi connectivity index (χ0n) is 19.3. The largest absolute Gasteiger partial charge is 0.384 e. The second kappa shape index (κ2) is 10.4. The van der Waals surface area contributed by atoms with Crippen LogP contribution in [0, 0.1) is 5.92 Å². The Morgan fingerprint density at radius 2 is 1.62 bits per heavy atom. The minimum absolute atomic E-state index is 0.316. The molecule has 0 saturated carbocycles. The number of anilines is 1. The van der Waals surface area contributed by atoms with Gasteiger partial charge in [0.2, 0.25) is 10.0 Å². The monoisotopic (exact) mass is 481 g/mol. The second-order valence-corrected chi connectivity index (χ2v) is 10.8. The third kappa shape index (κ3) is 5.10. The Balaban J connectivity index is 1.33. The maximum atomic E-state index is 12.9. The van der Waals surface area contributed by atoms with Crippen LogP contribution in [0.3, 0.4) is 0 Å². The molecule has 0 radical (unpaired) electrons. The summed E-state index contributed by atoms with van der Waals surface area (Å²) < 4.78 is 38.1. The van der Waals surface area contributed by atoms with Gasteiger partial charge in [0, 0.05) is 50.1 Å². The zero-order valence-corrected chi connectivity index (χ0v) is 20.1. The summed E-state index contributed by atoms with van der Waals surface area (Å²) in [5.74, 6) is 0.720. The molecule has 0 aliphatic carbocycles. The molecule has 0 bridgehead atoms. The molecule has 1 N–H and O–H groups in total. The molecule has 2 aromatic carbocycles. The Labute approximate surface area is 201 Å². The van der Waals surface area contributed by atoms with Gasteiger partial charge in [0.1, 0.15) is 0 Å². The van der Waals surface area contributed by atoms with Crippen LogP contribution in [0.1, 0.15) is 19.3 Å². The number of pyridine rings is 1. The van der Waals surface area contributed by atoms with E-state index in [1.54, 1.807) is 12.1 Å². The van der Waals surface area contributed by atoms with E-state index in [9.17, 15) is 8.42 Å². The Morgan fingerprint density at radius 1 is 0.912 bits per heavy atom. The Morgan fingerprint density at radius 3 is 2.38 bits per heavy atom. The average Bonchev–Trinajstić information content (AvgIpc) is 2.90. The van der Waals surface area contributed by atoms with E-state index in [-0.39, 0.29) is 0 Å². The number of hydrogen-bond donors (Lipinski definition) is 1. The van der Waals surface area contributed by atoms with Crippen molar-refractivity contribution in [2.75, 3.05) is 51.4 Å². The summed E-state index contributed by atoms with van der Waals surface area (Å²) in [5.41, 5.74) is 4.01. The molecule has 2 aliphatic rings. The number of benzene rings is 2. The minimum Gasteiger partial charge on any atom is -0.384 e. The van der Waals surface area contributed by atoms with Gasteiger partial charge in [0.25, 0.3) is 0 Å². The number of hydrogen-bond acceptors (Lipinski definition) is 6. The van der Waals surface area contributed by atoms with Gasteiger partial charge in [0.05, 0.1) is 23.6 Å². The van der Waals surface area contributed by atoms with Gasteiger partial charge in [-0.2, -0.15) is 4.31 Å². The lowest BCUT2D eigenvalue weighted by atomic mass is 9.96. The van der Waals surface area contributed by atoms with Gasteiger partial charge in [-0.1, -0.05) is 18.2 Å². The van der Waals surface area contributed by atoms with E-state index in [2.05, 4.69) is 16.4 Å². The molecule has 2 fully saturated rings. The predicted molar refractivity (Wildman–Crippen MR) is 133 cm³/mol. The van der Waals surface area contributed by atoms with Gasteiger partial charge in [-0.05, 0) is 66.6 Å². The van der Waals surface area contributed by atoms with Gasteiger partial charge < -0.3 is 14.8 Å². The van der Waals surface area contributed by atoms with E-state index in [0.29, 0.717) is 31.2 Å². The summed E-state index contributed by atoms with van der Waals surface area (Å²) >= 11 is 0. The molecule has 34 heavy (non-hydrogen) atoms. The van der Waals surface area contributed by atoms with E-state index in [1.807, 2.05) is 36.5 Å². The van der Waals surface area contributed by atoms with E-state index < -0.39 is 10.0 Å². The number of nitrogens with one attached hydrogen (secondary N) is 1. The summed E-state index contributed by atoms with van der Waals surface area (Å²) in [6.45, 7) is 4.33. The van der Waals surface area contributed by atoms with Gasteiger partial charge in [0.15, 0.2) is 0 Å². The summed E-state index contributed by atoms with van der Waals surface area (Å²) in [7, 11) is -3.50. The first-order valence-corrected chi connectivity index (χ1v) is 13.4. The quantitative estimate of drug-likeness (QED) is 0.546. The number of fused-ring (bicyclic) bond motifs is 1. The lowest BCUT2D eigenvalue weighted by Gasteiger charge is -2.26. The van der Waals surface area contributed by atoms with Crippen molar-refractivity contribution in [1.29, 1.82) is 0 Å². The first-order chi connectivity index (χ1) is 16.6. The maximum absolute atomic E-state index is 12.9. The maximum Gasteiger partial charge on any atom is 0.243 e. The number of rotatable bonds is 7. The van der Waals surface area contributed by atoms with Crippen molar-refractivity contribution in [3.8, 4) is 11.1 Å².